The number of hydrogen-bond acceptors (Lipinski definition) is 17. The molecule has 0 atom stereocenters. The maximum atomic E-state index is 13.7. The SMILES string of the molecule is Nc1ccc2c(c1)C(=O)/C(=N\Nc1ccc(NC(=O)c3ccc(N=Nc4c(S(=O)(=O)O)cc5c(c4N)C(=O)/C(=N/Nc4ccccc4)C(S(=O)(=O)O)=C5)cc3)cc1)C(S(=O)(=O)O)=C2. The number of carbonyl (C=O) groups excluding carboxylic acids is 3. The highest BCUT2D eigenvalue weighted by atomic mass is 32.2. The Morgan fingerprint density at radius 2 is 1.14 bits per heavy atom. The first-order chi connectivity index (χ1) is 29.7. The van der Waals surface area contributed by atoms with Crippen molar-refractivity contribution in [3.05, 3.63) is 141 Å². The van der Waals surface area contributed by atoms with Gasteiger partial charge in [0.2, 0.25) is 11.6 Å². The number of anilines is 5. The second-order valence-corrected chi connectivity index (χ2v) is 17.5. The van der Waals surface area contributed by atoms with Crippen molar-refractivity contribution >= 4 is 111 Å². The molecule has 320 valence electrons. The highest BCUT2D eigenvalue weighted by Gasteiger charge is 2.37. The molecule has 0 unspecified atom stereocenters. The zero-order chi connectivity index (χ0) is 45.4. The highest BCUT2D eigenvalue weighted by Crippen LogP contribution is 2.41. The summed E-state index contributed by atoms with van der Waals surface area (Å²) in [5.41, 5.74) is 15.2. The van der Waals surface area contributed by atoms with Gasteiger partial charge in [-0.15, -0.1) is 5.11 Å². The molecule has 2 aliphatic carbocycles. The second kappa shape index (κ2) is 16.6. The predicted octanol–water partition coefficient (Wildman–Crippen LogP) is 5.55. The van der Waals surface area contributed by atoms with Gasteiger partial charge in [0.05, 0.1) is 28.3 Å². The smallest absolute Gasteiger partial charge is 0.296 e. The van der Waals surface area contributed by atoms with Gasteiger partial charge in [-0.05, 0) is 102 Å². The van der Waals surface area contributed by atoms with Crippen molar-refractivity contribution in [2.24, 2.45) is 20.4 Å². The Bertz CT molecular complexity index is 3280. The van der Waals surface area contributed by atoms with Gasteiger partial charge in [0.25, 0.3) is 36.3 Å². The summed E-state index contributed by atoms with van der Waals surface area (Å²) >= 11 is 0. The van der Waals surface area contributed by atoms with Crippen molar-refractivity contribution in [3.8, 4) is 0 Å². The van der Waals surface area contributed by atoms with Crippen LogP contribution in [0.3, 0.4) is 0 Å². The van der Waals surface area contributed by atoms with Gasteiger partial charge < -0.3 is 16.8 Å². The Hall–Kier alpha value is -7.74. The third kappa shape index (κ3) is 9.30. The number of hydrazone groups is 2. The minimum atomic E-state index is -5.15. The van der Waals surface area contributed by atoms with Crippen LogP contribution in [-0.2, 0) is 30.4 Å². The molecular weight excluding hydrogens is 883 g/mol. The summed E-state index contributed by atoms with van der Waals surface area (Å²) < 4.78 is 103. The molecular formula is C39H29N9O12S3. The Balaban J connectivity index is 1.08. The summed E-state index contributed by atoms with van der Waals surface area (Å²) in [4.78, 5) is 37.2. The lowest BCUT2D eigenvalue weighted by Crippen LogP contribution is -2.28. The van der Waals surface area contributed by atoms with Gasteiger partial charge in [-0.3, -0.25) is 38.9 Å². The molecule has 5 aromatic rings. The lowest BCUT2D eigenvalue weighted by Gasteiger charge is -2.20. The molecule has 0 fully saturated rings. The van der Waals surface area contributed by atoms with Crippen LogP contribution in [-0.4, -0.2) is 67.8 Å². The van der Waals surface area contributed by atoms with Gasteiger partial charge in [0.1, 0.15) is 20.4 Å². The Kier molecular flexibility index (Phi) is 11.4. The maximum absolute atomic E-state index is 13.7. The van der Waals surface area contributed by atoms with Crippen molar-refractivity contribution < 1.29 is 53.3 Å². The van der Waals surface area contributed by atoms with E-state index in [-0.39, 0.29) is 33.8 Å². The fraction of sp³-hybridized carbons (Fsp3) is 0. The number of nitrogen functional groups attached to an aromatic ring is 2. The van der Waals surface area contributed by atoms with Crippen molar-refractivity contribution in [3.63, 3.8) is 0 Å². The predicted molar refractivity (Wildman–Crippen MR) is 233 cm³/mol. The summed E-state index contributed by atoms with van der Waals surface area (Å²) in [6.45, 7) is 0. The van der Waals surface area contributed by atoms with Gasteiger partial charge in [-0.1, -0.05) is 24.3 Å². The van der Waals surface area contributed by atoms with Crippen LogP contribution in [0.4, 0.5) is 39.8 Å². The Morgan fingerprint density at radius 3 is 1.73 bits per heavy atom. The number of nitrogens with zero attached hydrogens (tertiary/aromatic N) is 4. The first-order valence-electron chi connectivity index (χ1n) is 17.7. The number of ketones is 2. The molecule has 24 heteroatoms. The number of Topliss-reactive ketones (excluding diaryl/α,β-unsaturated/α-hetero) is 2. The van der Waals surface area contributed by atoms with E-state index >= 15 is 0 Å². The van der Waals surface area contributed by atoms with Gasteiger partial charge in [0.15, 0.2) is 11.4 Å². The molecule has 7 rings (SSSR count). The summed E-state index contributed by atoms with van der Waals surface area (Å²) in [5, 5.41) is 18.3. The lowest BCUT2D eigenvalue weighted by molar-refractivity contribution is 0.102. The zero-order valence-electron chi connectivity index (χ0n) is 31.7. The molecule has 1 amide bonds. The molecule has 0 bridgehead atoms. The van der Waals surface area contributed by atoms with E-state index in [1.807, 2.05) is 0 Å². The molecule has 0 spiro atoms. The highest BCUT2D eigenvalue weighted by molar-refractivity contribution is 7.91. The zero-order valence-corrected chi connectivity index (χ0v) is 34.1. The largest absolute Gasteiger partial charge is 0.399 e. The maximum Gasteiger partial charge on any atom is 0.296 e. The number of carbonyl (C=O) groups is 3. The number of amides is 1. The standard InChI is InChI=1S/C39H29N9O12S3/c40-23-9-6-21-16-30(62(55,56)57)35(37(49)28(21)19-23)47-45-27-14-12-24(13-15-27)42-39(51)20-7-10-26(11-8-20)44-46-34-29(61(52,53)54)17-22-18-31(63(58,59)60)36(38(50)32(22)33(34)41)48-43-25-4-2-1-3-5-25/h1-19,43,45H,40-41H2,(H,42,51)(H,52,53,54)(H,55,56,57)(H,58,59,60)/b46-44?,47-35-,48-36+. The van der Waals surface area contributed by atoms with Crippen LogP contribution in [0.25, 0.3) is 12.2 Å². The molecule has 0 heterocycles. The van der Waals surface area contributed by atoms with Crippen molar-refractivity contribution in [1.29, 1.82) is 0 Å². The molecule has 21 nitrogen and oxygen atoms in total. The van der Waals surface area contributed by atoms with Gasteiger partial charge in [-0.25, -0.2) is 0 Å². The van der Waals surface area contributed by atoms with E-state index in [2.05, 4.69) is 36.6 Å². The topological polar surface area (TPSA) is 352 Å². The van der Waals surface area contributed by atoms with Crippen LogP contribution < -0.4 is 27.6 Å². The van der Waals surface area contributed by atoms with Crippen molar-refractivity contribution in [2.75, 3.05) is 27.6 Å². The lowest BCUT2D eigenvalue weighted by atomic mass is 9.92. The summed E-state index contributed by atoms with van der Waals surface area (Å²) in [6, 6.07) is 24.2. The molecule has 63 heavy (non-hydrogen) atoms. The normalized spacial score (nSPS) is 15.4. The van der Waals surface area contributed by atoms with E-state index in [0.29, 0.717) is 11.4 Å². The number of nitrogens with two attached hydrogens (primary N) is 2. The van der Waals surface area contributed by atoms with Gasteiger partial charge >= 0.3 is 0 Å². The molecule has 0 saturated heterocycles. The van der Waals surface area contributed by atoms with E-state index in [1.165, 1.54) is 66.7 Å². The van der Waals surface area contributed by atoms with E-state index in [1.54, 1.807) is 30.3 Å². The molecule has 0 saturated carbocycles. The van der Waals surface area contributed by atoms with Crippen LogP contribution in [0.1, 0.15) is 42.2 Å². The number of hydrogen-bond donors (Lipinski definition) is 8. The van der Waals surface area contributed by atoms with Crippen molar-refractivity contribution in [2.45, 2.75) is 4.90 Å². The monoisotopic (exact) mass is 911 g/mol. The number of nitrogens with one attached hydrogen (secondary N) is 3. The first kappa shape index (κ1) is 43.4. The van der Waals surface area contributed by atoms with Crippen LogP contribution in [0, 0.1) is 0 Å². The average Bonchev–Trinajstić information content (AvgIpc) is 3.22. The van der Waals surface area contributed by atoms with E-state index < -0.39 is 96.5 Å². The fourth-order valence-electron chi connectivity index (χ4n) is 6.12. The van der Waals surface area contributed by atoms with E-state index in [0.717, 1.165) is 18.2 Å². The molecule has 0 aromatic heterocycles. The number of allylic oxidation sites excluding steroid dienone is 2. The van der Waals surface area contributed by atoms with Crippen LogP contribution in [0.2, 0.25) is 0 Å². The molecule has 0 radical (unpaired) electrons. The van der Waals surface area contributed by atoms with Crippen LogP contribution in [0.15, 0.2) is 138 Å². The second-order valence-electron chi connectivity index (χ2n) is 13.3. The quantitative estimate of drug-likeness (QED) is 0.0348. The van der Waals surface area contributed by atoms with Gasteiger partial charge in [0, 0.05) is 22.5 Å². The minimum absolute atomic E-state index is 0.0478. The molecule has 0 aliphatic heterocycles. The number of benzene rings is 5. The molecule has 5 aromatic carbocycles. The Morgan fingerprint density at radius 1 is 0.587 bits per heavy atom. The summed E-state index contributed by atoms with van der Waals surface area (Å²) in [5.74, 6) is -2.53. The molecule has 10 N–H and O–H groups in total. The van der Waals surface area contributed by atoms with Gasteiger partial charge in [-0.2, -0.15) is 40.6 Å². The first-order valence-corrected chi connectivity index (χ1v) is 22.0. The number of azo groups is 1. The number of rotatable bonds is 11. The number of para-hydroxylation sites is 1. The number of fused-ring (bicyclic) bond motifs is 2. The summed E-state index contributed by atoms with van der Waals surface area (Å²) in [7, 11) is -15.1. The van der Waals surface area contributed by atoms with Crippen LogP contribution in [0.5, 0.6) is 0 Å². The molecule has 2 aliphatic rings. The van der Waals surface area contributed by atoms with E-state index in [4.69, 9.17) is 11.5 Å². The van der Waals surface area contributed by atoms with Crippen molar-refractivity contribution in [1.82, 2.24) is 0 Å². The third-order valence-electron chi connectivity index (χ3n) is 9.09. The minimum Gasteiger partial charge on any atom is -0.399 e. The van der Waals surface area contributed by atoms with E-state index in [9.17, 15) is 53.3 Å². The fourth-order valence-corrected chi connectivity index (χ4v) is 8.11. The Labute approximate surface area is 356 Å². The van der Waals surface area contributed by atoms with Crippen LogP contribution >= 0.6 is 0 Å². The third-order valence-corrected chi connectivity index (χ3v) is 11.7. The summed E-state index contributed by atoms with van der Waals surface area (Å²) in [6.07, 6.45) is 1.85. The average molecular weight is 912 g/mol.